The molecule has 1 atom stereocenters. The lowest BCUT2D eigenvalue weighted by Gasteiger charge is -2.44. The molecule has 0 saturated heterocycles. The normalized spacial score (nSPS) is 19.4. The fourth-order valence-corrected chi connectivity index (χ4v) is 3.34. The third-order valence-electron chi connectivity index (χ3n) is 3.80. The molecule has 2 aromatic rings. The molecular formula is C19H16Cl2N2O. The molecule has 0 spiro atoms. The Morgan fingerprint density at radius 2 is 1.88 bits per heavy atom. The number of anilines is 1. The number of amides is 1. The summed E-state index contributed by atoms with van der Waals surface area (Å²) in [5, 5.41) is 4.23. The second kappa shape index (κ2) is 6.71. The Kier molecular flexibility index (Phi) is 4.65. The largest absolute Gasteiger partial charge is 0.326 e. The lowest BCUT2D eigenvalue weighted by Crippen LogP contribution is -2.55. The van der Waals surface area contributed by atoms with E-state index in [0.29, 0.717) is 10.0 Å². The summed E-state index contributed by atoms with van der Waals surface area (Å²) >= 11 is 12.6. The average Bonchev–Trinajstić information content (AvgIpc) is 2.55. The second-order valence-electron chi connectivity index (χ2n) is 5.48. The van der Waals surface area contributed by atoms with E-state index in [1.807, 2.05) is 77.9 Å². The number of carbonyl (C=O) groups is 1. The van der Waals surface area contributed by atoms with Gasteiger partial charge in [0.05, 0.1) is 0 Å². The van der Waals surface area contributed by atoms with E-state index < -0.39 is 5.66 Å². The Bertz CT molecular complexity index is 832. The summed E-state index contributed by atoms with van der Waals surface area (Å²) < 4.78 is 0. The van der Waals surface area contributed by atoms with Crippen molar-refractivity contribution in [2.75, 3.05) is 4.90 Å². The maximum Gasteiger partial charge on any atom is 0.219 e. The van der Waals surface area contributed by atoms with Gasteiger partial charge < -0.3 is 10.2 Å². The lowest BCUT2D eigenvalue weighted by atomic mass is 9.93. The Morgan fingerprint density at radius 1 is 1.08 bits per heavy atom. The van der Waals surface area contributed by atoms with E-state index in [2.05, 4.69) is 5.32 Å². The standard InChI is InChI=1S/C19H16Cl2N2O/c1-14(24)22-19(17-9-2-3-10-18(17)21)11-4-5-12-23(19)16-8-6-7-15(20)13-16/h2-13H,1H3,(H,22,24). The van der Waals surface area contributed by atoms with Crippen molar-refractivity contribution >= 4 is 34.8 Å². The minimum absolute atomic E-state index is 0.165. The molecule has 122 valence electrons. The zero-order valence-corrected chi connectivity index (χ0v) is 14.6. The second-order valence-corrected chi connectivity index (χ2v) is 6.32. The van der Waals surface area contributed by atoms with Crippen LogP contribution >= 0.6 is 23.2 Å². The van der Waals surface area contributed by atoms with Gasteiger partial charge in [-0.05, 0) is 36.4 Å². The molecule has 0 bridgehead atoms. The summed E-state index contributed by atoms with van der Waals surface area (Å²) in [6.07, 6.45) is 7.60. The molecule has 1 aliphatic rings. The van der Waals surface area contributed by atoms with Gasteiger partial charge in [0, 0.05) is 34.4 Å². The van der Waals surface area contributed by atoms with E-state index >= 15 is 0 Å². The minimum Gasteiger partial charge on any atom is -0.326 e. The van der Waals surface area contributed by atoms with Gasteiger partial charge in [0.15, 0.2) is 5.66 Å². The van der Waals surface area contributed by atoms with Gasteiger partial charge in [-0.15, -0.1) is 0 Å². The fraction of sp³-hybridized carbons (Fsp3) is 0.105. The van der Waals surface area contributed by atoms with Crippen molar-refractivity contribution in [3.63, 3.8) is 0 Å². The predicted octanol–water partition coefficient (Wildman–Crippen LogP) is 4.87. The summed E-state index contributed by atoms with van der Waals surface area (Å²) in [5.41, 5.74) is 0.697. The first-order valence-corrected chi connectivity index (χ1v) is 8.23. The highest BCUT2D eigenvalue weighted by atomic mass is 35.5. The van der Waals surface area contributed by atoms with Gasteiger partial charge >= 0.3 is 0 Å². The minimum atomic E-state index is -0.927. The highest BCUT2D eigenvalue weighted by Gasteiger charge is 2.39. The predicted molar refractivity (Wildman–Crippen MR) is 99.2 cm³/mol. The number of carbonyl (C=O) groups excluding carboxylic acids is 1. The third kappa shape index (κ3) is 3.05. The molecule has 2 aromatic carbocycles. The molecule has 1 amide bonds. The van der Waals surface area contributed by atoms with Gasteiger partial charge in [-0.1, -0.05) is 53.5 Å². The van der Waals surface area contributed by atoms with Crippen molar-refractivity contribution in [2.24, 2.45) is 0 Å². The number of allylic oxidation sites excluding steroid dienone is 2. The topological polar surface area (TPSA) is 32.3 Å². The van der Waals surface area contributed by atoms with Gasteiger partial charge in [-0.2, -0.15) is 0 Å². The van der Waals surface area contributed by atoms with Crippen LogP contribution in [0.15, 0.2) is 73.0 Å². The van der Waals surface area contributed by atoms with E-state index in [9.17, 15) is 4.79 Å². The number of nitrogens with zero attached hydrogens (tertiary/aromatic N) is 1. The number of hydrogen-bond donors (Lipinski definition) is 1. The number of benzene rings is 2. The number of hydrogen-bond acceptors (Lipinski definition) is 2. The first-order valence-electron chi connectivity index (χ1n) is 7.47. The maximum atomic E-state index is 12.0. The summed E-state index contributed by atoms with van der Waals surface area (Å²) in [6.45, 7) is 1.49. The fourth-order valence-electron chi connectivity index (χ4n) is 2.87. The van der Waals surface area contributed by atoms with Crippen LogP contribution in [0.4, 0.5) is 5.69 Å². The molecular weight excluding hydrogens is 343 g/mol. The van der Waals surface area contributed by atoms with Crippen LogP contribution in [0.5, 0.6) is 0 Å². The molecule has 1 aliphatic heterocycles. The molecule has 1 N–H and O–H groups in total. The van der Waals surface area contributed by atoms with Crippen LogP contribution in [0.3, 0.4) is 0 Å². The van der Waals surface area contributed by atoms with Crippen molar-refractivity contribution in [2.45, 2.75) is 12.6 Å². The summed E-state index contributed by atoms with van der Waals surface area (Å²) in [5.74, 6) is -0.165. The van der Waals surface area contributed by atoms with E-state index in [1.54, 1.807) is 0 Å². The molecule has 24 heavy (non-hydrogen) atoms. The first kappa shape index (κ1) is 16.6. The molecule has 0 fully saturated rings. The Labute approximate surface area is 151 Å². The molecule has 0 aromatic heterocycles. The lowest BCUT2D eigenvalue weighted by molar-refractivity contribution is -0.120. The van der Waals surface area contributed by atoms with E-state index in [-0.39, 0.29) is 5.91 Å². The average molecular weight is 359 g/mol. The summed E-state index contributed by atoms with van der Waals surface area (Å²) in [4.78, 5) is 13.9. The van der Waals surface area contributed by atoms with Crippen molar-refractivity contribution in [1.29, 1.82) is 0 Å². The van der Waals surface area contributed by atoms with Crippen LogP contribution in [0, 0.1) is 0 Å². The van der Waals surface area contributed by atoms with E-state index in [4.69, 9.17) is 23.2 Å². The molecule has 1 heterocycles. The first-order chi connectivity index (χ1) is 11.5. The van der Waals surface area contributed by atoms with Gasteiger partial charge in [-0.3, -0.25) is 4.79 Å². The molecule has 0 saturated carbocycles. The van der Waals surface area contributed by atoms with Crippen molar-refractivity contribution < 1.29 is 4.79 Å². The number of nitrogens with one attached hydrogen (secondary N) is 1. The highest BCUT2D eigenvalue weighted by molar-refractivity contribution is 6.31. The molecule has 1 unspecified atom stereocenters. The van der Waals surface area contributed by atoms with Gasteiger partial charge in [0.2, 0.25) is 5.91 Å². The van der Waals surface area contributed by atoms with Gasteiger partial charge in [-0.25, -0.2) is 0 Å². The van der Waals surface area contributed by atoms with Crippen molar-refractivity contribution in [3.05, 3.63) is 88.6 Å². The van der Waals surface area contributed by atoms with Crippen molar-refractivity contribution in [3.8, 4) is 0 Å². The monoisotopic (exact) mass is 358 g/mol. The van der Waals surface area contributed by atoms with Crippen LogP contribution in [0.25, 0.3) is 0 Å². The Balaban J connectivity index is 2.22. The number of rotatable bonds is 3. The summed E-state index contributed by atoms with van der Waals surface area (Å²) in [6, 6.07) is 14.9. The SMILES string of the molecule is CC(=O)NC1(c2ccccc2Cl)C=CC=CN1c1cccc(Cl)c1. The molecule has 3 rings (SSSR count). The molecule has 0 aliphatic carbocycles. The molecule has 0 radical (unpaired) electrons. The highest BCUT2D eigenvalue weighted by Crippen LogP contribution is 2.38. The van der Waals surface area contributed by atoms with Gasteiger partial charge in [0.1, 0.15) is 0 Å². The Hall–Kier alpha value is -2.23. The maximum absolute atomic E-state index is 12.0. The van der Waals surface area contributed by atoms with E-state index in [0.717, 1.165) is 11.3 Å². The van der Waals surface area contributed by atoms with Crippen LogP contribution in [0.1, 0.15) is 12.5 Å². The molecule has 3 nitrogen and oxygen atoms in total. The number of halogens is 2. The van der Waals surface area contributed by atoms with Crippen LogP contribution in [0.2, 0.25) is 10.0 Å². The zero-order chi connectivity index (χ0) is 17.2. The van der Waals surface area contributed by atoms with Crippen LogP contribution in [-0.2, 0) is 10.5 Å². The Morgan fingerprint density at radius 3 is 2.58 bits per heavy atom. The van der Waals surface area contributed by atoms with Crippen LogP contribution < -0.4 is 10.2 Å². The third-order valence-corrected chi connectivity index (χ3v) is 4.37. The molecule has 5 heteroatoms. The quantitative estimate of drug-likeness (QED) is 0.848. The van der Waals surface area contributed by atoms with Gasteiger partial charge in [0.25, 0.3) is 0 Å². The summed E-state index contributed by atoms with van der Waals surface area (Å²) in [7, 11) is 0. The van der Waals surface area contributed by atoms with Crippen LogP contribution in [-0.4, -0.2) is 5.91 Å². The van der Waals surface area contributed by atoms with Crippen molar-refractivity contribution in [1.82, 2.24) is 5.32 Å². The zero-order valence-electron chi connectivity index (χ0n) is 13.0. The smallest absolute Gasteiger partial charge is 0.219 e. The van der Waals surface area contributed by atoms with E-state index in [1.165, 1.54) is 6.92 Å².